The van der Waals surface area contributed by atoms with Crippen molar-refractivity contribution in [1.82, 2.24) is 9.47 Å². The van der Waals surface area contributed by atoms with Crippen LogP contribution in [0.3, 0.4) is 0 Å². The Morgan fingerprint density at radius 3 is 2.58 bits per heavy atom. The van der Waals surface area contributed by atoms with E-state index in [-0.39, 0.29) is 6.54 Å². The smallest absolute Gasteiger partial charge is 0.406 e. The van der Waals surface area contributed by atoms with Crippen LogP contribution in [0, 0.1) is 11.8 Å². The van der Waals surface area contributed by atoms with Gasteiger partial charge >= 0.3 is 6.18 Å². The maximum atomic E-state index is 13.5. The fourth-order valence-electron chi connectivity index (χ4n) is 4.92. The van der Waals surface area contributed by atoms with Gasteiger partial charge in [0.25, 0.3) is 0 Å². The van der Waals surface area contributed by atoms with E-state index in [1.54, 1.807) is 31.0 Å². The molecule has 0 saturated carbocycles. The van der Waals surface area contributed by atoms with Crippen LogP contribution in [0.4, 0.5) is 24.5 Å². The van der Waals surface area contributed by atoms with Crippen molar-refractivity contribution in [3.63, 3.8) is 0 Å². The summed E-state index contributed by atoms with van der Waals surface area (Å²) in [6.45, 7) is 4.54. The SMILES string of the molecule is CCCN1CCC(Nc2cccc3c2cc(C#CCNc2ccc(SC)cc2OC)n3CC(F)(F)F)CC1. The number of thioether (sulfide) groups is 1. The quantitative estimate of drug-likeness (QED) is 0.232. The summed E-state index contributed by atoms with van der Waals surface area (Å²) in [5.74, 6) is 6.67. The minimum absolute atomic E-state index is 0.268. The van der Waals surface area contributed by atoms with E-state index in [0.29, 0.717) is 23.0 Å². The molecule has 1 saturated heterocycles. The number of fused-ring (bicyclic) bond motifs is 1. The number of hydrogen-bond acceptors (Lipinski definition) is 5. The lowest BCUT2D eigenvalue weighted by atomic mass is 10.0. The van der Waals surface area contributed by atoms with Crippen molar-refractivity contribution in [2.75, 3.05) is 50.2 Å². The maximum Gasteiger partial charge on any atom is 0.406 e. The van der Waals surface area contributed by atoms with Crippen LogP contribution in [-0.4, -0.2) is 61.2 Å². The molecule has 1 aliphatic heterocycles. The number of alkyl halides is 3. The molecule has 0 radical (unpaired) electrons. The predicted octanol–water partition coefficient (Wildman–Crippen LogP) is 6.68. The van der Waals surface area contributed by atoms with Crippen molar-refractivity contribution in [1.29, 1.82) is 0 Å². The molecule has 4 rings (SSSR count). The lowest BCUT2D eigenvalue weighted by Gasteiger charge is -2.32. The van der Waals surface area contributed by atoms with Gasteiger partial charge in [0.2, 0.25) is 0 Å². The van der Waals surface area contributed by atoms with E-state index in [0.717, 1.165) is 60.6 Å². The highest BCUT2D eigenvalue weighted by molar-refractivity contribution is 7.98. The maximum absolute atomic E-state index is 13.5. The van der Waals surface area contributed by atoms with Crippen molar-refractivity contribution < 1.29 is 17.9 Å². The molecule has 5 nitrogen and oxygen atoms in total. The number of nitrogens with one attached hydrogen (secondary N) is 2. The Morgan fingerprint density at radius 1 is 1.11 bits per heavy atom. The minimum Gasteiger partial charge on any atom is -0.495 e. The van der Waals surface area contributed by atoms with Crippen LogP contribution in [0.1, 0.15) is 31.9 Å². The predicted molar refractivity (Wildman–Crippen MR) is 152 cm³/mol. The third-order valence-electron chi connectivity index (χ3n) is 6.76. The molecule has 2 N–H and O–H groups in total. The number of aromatic nitrogens is 1. The second-order valence-corrected chi connectivity index (χ2v) is 10.3. The fraction of sp³-hybridized carbons (Fsp3) is 0.448. The van der Waals surface area contributed by atoms with Crippen LogP contribution >= 0.6 is 11.8 Å². The van der Waals surface area contributed by atoms with Gasteiger partial charge in [-0.3, -0.25) is 0 Å². The highest BCUT2D eigenvalue weighted by Gasteiger charge is 2.30. The molecule has 0 unspecified atom stereocenters. The van der Waals surface area contributed by atoms with Gasteiger partial charge in [0, 0.05) is 35.1 Å². The second kappa shape index (κ2) is 12.7. The molecule has 1 fully saturated rings. The van der Waals surface area contributed by atoms with Crippen molar-refractivity contribution in [3.8, 4) is 17.6 Å². The fourth-order valence-corrected chi connectivity index (χ4v) is 5.35. The summed E-state index contributed by atoms with van der Waals surface area (Å²) in [6, 6.07) is 13.4. The number of ether oxygens (including phenoxy) is 1. The first-order chi connectivity index (χ1) is 18.3. The molecule has 0 amide bonds. The molecule has 38 heavy (non-hydrogen) atoms. The highest BCUT2D eigenvalue weighted by atomic mass is 32.2. The van der Waals surface area contributed by atoms with E-state index in [2.05, 4.69) is 34.3 Å². The van der Waals surface area contributed by atoms with Gasteiger partial charge in [0.15, 0.2) is 0 Å². The second-order valence-electron chi connectivity index (χ2n) is 9.45. The van der Waals surface area contributed by atoms with Gasteiger partial charge in [-0.2, -0.15) is 13.2 Å². The van der Waals surface area contributed by atoms with E-state index in [1.165, 1.54) is 4.57 Å². The number of piperidine rings is 1. The van der Waals surface area contributed by atoms with Crippen molar-refractivity contribution >= 4 is 34.0 Å². The van der Waals surface area contributed by atoms with E-state index in [9.17, 15) is 13.2 Å². The summed E-state index contributed by atoms with van der Waals surface area (Å²) < 4.78 is 47.3. The summed E-state index contributed by atoms with van der Waals surface area (Å²) >= 11 is 1.62. The number of methoxy groups -OCH3 is 1. The van der Waals surface area contributed by atoms with Gasteiger partial charge in [-0.25, -0.2) is 0 Å². The first-order valence-corrected chi connectivity index (χ1v) is 14.2. The topological polar surface area (TPSA) is 41.5 Å². The van der Waals surface area contributed by atoms with Gasteiger partial charge in [0.05, 0.1) is 30.6 Å². The first-order valence-electron chi connectivity index (χ1n) is 12.9. The monoisotopic (exact) mass is 544 g/mol. The van der Waals surface area contributed by atoms with Crippen molar-refractivity contribution in [3.05, 3.63) is 48.2 Å². The Labute approximate surface area is 227 Å². The standard InChI is InChI=1S/C29H35F3N4OS/c1-4-15-35-16-12-21(13-17-35)34-25-8-5-9-27-24(25)18-22(36(27)20-29(30,31)32)7-6-14-33-26-11-10-23(38-3)19-28(26)37-2/h5,8-11,18-19,21,33-34H,4,12-17,20H2,1-3H3. The number of likely N-dealkylation sites (tertiary alicyclic amines) is 1. The summed E-state index contributed by atoms with van der Waals surface area (Å²) in [4.78, 5) is 3.54. The lowest BCUT2D eigenvalue weighted by molar-refractivity contribution is -0.140. The number of benzene rings is 2. The lowest BCUT2D eigenvalue weighted by Crippen LogP contribution is -2.39. The van der Waals surface area contributed by atoms with Crippen molar-refractivity contribution in [2.45, 2.75) is 49.8 Å². The summed E-state index contributed by atoms with van der Waals surface area (Å²) in [7, 11) is 1.60. The van der Waals surface area contributed by atoms with Gasteiger partial charge in [-0.1, -0.05) is 18.9 Å². The van der Waals surface area contributed by atoms with Gasteiger partial charge in [0.1, 0.15) is 12.3 Å². The number of nitrogens with zero attached hydrogens (tertiary/aromatic N) is 2. The van der Waals surface area contributed by atoms with Gasteiger partial charge < -0.3 is 24.8 Å². The van der Waals surface area contributed by atoms with E-state index in [4.69, 9.17) is 4.74 Å². The molecule has 1 aromatic heterocycles. The number of halogens is 3. The average molecular weight is 545 g/mol. The highest BCUT2D eigenvalue weighted by Crippen LogP contribution is 2.32. The molecule has 2 heterocycles. The molecule has 1 aliphatic rings. The van der Waals surface area contributed by atoms with Gasteiger partial charge in [-0.05, 0) is 74.4 Å². The van der Waals surface area contributed by atoms with Crippen LogP contribution in [0.2, 0.25) is 0 Å². The van der Waals surface area contributed by atoms with Crippen LogP contribution < -0.4 is 15.4 Å². The van der Waals surface area contributed by atoms with E-state index < -0.39 is 12.7 Å². The average Bonchev–Trinajstić information content (AvgIpc) is 3.24. The van der Waals surface area contributed by atoms with Crippen LogP contribution in [0.25, 0.3) is 10.9 Å². The van der Waals surface area contributed by atoms with Gasteiger partial charge in [-0.15, -0.1) is 11.8 Å². The molecule has 204 valence electrons. The van der Waals surface area contributed by atoms with E-state index in [1.807, 2.05) is 36.6 Å². The zero-order chi connectivity index (χ0) is 27.1. The molecule has 0 bridgehead atoms. The largest absolute Gasteiger partial charge is 0.495 e. The summed E-state index contributed by atoms with van der Waals surface area (Å²) in [5.41, 5.74) is 2.52. The molecule has 0 spiro atoms. The first kappa shape index (κ1) is 28.1. The van der Waals surface area contributed by atoms with Crippen LogP contribution in [0.15, 0.2) is 47.4 Å². The zero-order valence-electron chi connectivity index (χ0n) is 22.1. The molecule has 3 aromatic rings. The summed E-state index contributed by atoms with van der Waals surface area (Å²) in [5, 5.41) is 7.58. The number of anilines is 2. The van der Waals surface area contributed by atoms with E-state index >= 15 is 0 Å². The molecular formula is C29H35F3N4OS. The molecule has 0 atom stereocenters. The van der Waals surface area contributed by atoms with Crippen LogP contribution in [-0.2, 0) is 6.54 Å². The molecule has 9 heteroatoms. The summed E-state index contributed by atoms with van der Waals surface area (Å²) in [6.07, 6.45) is 0.799. The molecule has 0 aliphatic carbocycles. The Hall–Kier alpha value is -2.96. The molecule has 2 aromatic carbocycles. The minimum atomic E-state index is -4.36. The Kier molecular flexibility index (Phi) is 9.40. The van der Waals surface area contributed by atoms with Crippen molar-refractivity contribution in [2.24, 2.45) is 0 Å². The Morgan fingerprint density at radius 2 is 1.89 bits per heavy atom. The number of hydrogen-bond donors (Lipinski definition) is 2. The third kappa shape index (κ3) is 7.12. The third-order valence-corrected chi connectivity index (χ3v) is 7.49. The molecular weight excluding hydrogens is 509 g/mol. The Balaban J connectivity index is 1.55. The normalized spacial score (nSPS) is 14.8. The zero-order valence-corrected chi connectivity index (χ0v) is 22.9. The Bertz CT molecular complexity index is 1290. The van der Waals surface area contributed by atoms with Crippen LogP contribution in [0.5, 0.6) is 5.75 Å². The number of rotatable bonds is 9.